The Kier molecular flexibility index (Phi) is 3.90. The van der Waals surface area contributed by atoms with Crippen LogP contribution in [0, 0.1) is 11.7 Å². The smallest absolute Gasteiger partial charge is 0.127 e. The second kappa shape index (κ2) is 4.76. The molecule has 0 fully saturated rings. The number of halogens is 2. The highest BCUT2D eigenvalue weighted by Crippen LogP contribution is 2.18. The summed E-state index contributed by atoms with van der Waals surface area (Å²) >= 11 is 5.63. The highest BCUT2D eigenvalue weighted by Gasteiger charge is 2.12. The Bertz CT molecular complexity index is 312. The van der Waals surface area contributed by atoms with Crippen molar-refractivity contribution in [3.05, 3.63) is 34.6 Å². The topological polar surface area (TPSA) is 20.2 Å². The van der Waals surface area contributed by atoms with Crippen LogP contribution in [0.3, 0.4) is 0 Å². The average Bonchev–Trinajstić information content (AvgIpc) is 2.09. The fourth-order valence-electron chi connectivity index (χ4n) is 1.20. The predicted molar refractivity (Wildman–Crippen MR) is 56.0 cm³/mol. The van der Waals surface area contributed by atoms with Gasteiger partial charge >= 0.3 is 0 Å². The van der Waals surface area contributed by atoms with E-state index in [1.165, 1.54) is 6.07 Å². The minimum atomic E-state index is -0.426. The summed E-state index contributed by atoms with van der Waals surface area (Å²) in [5, 5.41) is 9.68. The van der Waals surface area contributed by atoms with E-state index in [9.17, 15) is 9.50 Å². The number of rotatable bonds is 3. The summed E-state index contributed by atoms with van der Waals surface area (Å²) in [6.45, 7) is 3.59. The number of hydrogen-bond acceptors (Lipinski definition) is 1. The maximum Gasteiger partial charge on any atom is 0.127 e. The van der Waals surface area contributed by atoms with E-state index < -0.39 is 6.10 Å². The molecule has 0 heterocycles. The average molecular weight is 217 g/mol. The van der Waals surface area contributed by atoms with Gasteiger partial charge in [-0.25, -0.2) is 4.39 Å². The maximum absolute atomic E-state index is 13.3. The Labute approximate surface area is 88.5 Å². The Balaban J connectivity index is 2.77. The van der Waals surface area contributed by atoms with E-state index in [1.807, 2.05) is 6.92 Å². The number of hydrogen-bond donors (Lipinski definition) is 1. The van der Waals surface area contributed by atoms with Crippen LogP contribution < -0.4 is 0 Å². The van der Waals surface area contributed by atoms with Gasteiger partial charge in [0.05, 0.1) is 6.10 Å². The Hall–Kier alpha value is -0.600. The van der Waals surface area contributed by atoms with Gasteiger partial charge in [0.15, 0.2) is 0 Å². The largest absolute Gasteiger partial charge is 0.393 e. The molecular weight excluding hydrogens is 203 g/mol. The molecule has 0 bridgehead atoms. The molecule has 1 aromatic rings. The summed E-state index contributed by atoms with van der Waals surface area (Å²) in [7, 11) is 0. The molecule has 0 saturated heterocycles. The lowest BCUT2D eigenvalue weighted by molar-refractivity contribution is 0.134. The minimum Gasteiger partial charge on any atom is -0.393 e. The van der Waals surface area contributed by atoms with E-state index in [0.717, 1.165) is 0 Å². The molecule has 78 valence electrons. The lowest BCUT2D eigenvalue weighted by Gasteiger charge is -2.14. The van der Waals surface area contributed by atoms with Crippen LogP contribution in [0.5, 0.6) is 0 Å². The lowest BCUT2D eigenvalue weighted by Crippen LogP contribution is -2.16. The van der Waals surface area contributed by atoms with Crippen LogP contribution in [0.1, 0.15) is 19.4 Å². The zero-order valence-electron chi connectivity index (χ0n) is 8.30. The van der Waals surface area contributed by atoms with Crippen LogP contribution in [-0.4, -0.2) is 11.2 Å². The Morgan fingerprint density at radius 1 is 1.43 bits per heavy atom. The normalized spacial score (nSPS) is 15.2. The number of aliphatic hydroxyl groups excluding tert-OH is 1. The summed E-state index contributed by atoms with van der Waals surface area (Å²) in [6, 6.07) is 4.62. The van der Waals surface area contributed by atoms with Gasteiger partial charge in [-0.1, -0.05) is 24.6 Å². The first-order valence-electron chi connectivity index (χ1n) is 4.62. The molecule has 0 aliphatic rings. The molecule has 14 heavy (non-hydrogen) atoms. The maximum atomic E-state index is 13.3. The van der Waals surface area contributed by atoms with Crippen molar-refractivity contribution in [2.24, 2.45) is 5.92 Å². The standard InChI is InChI=1S/C11H14ClFO/c1-7(8(2)14)5-9-3-4-10(12)6-11(9)13/h3-4,6-8,14H,5H2,1-2H3. The third kappa shape index (κ3) is 2.96. The van der Waals surface area contributed by atoms with Crippen molar-refractivity contribution in [1.29, 1.82) is 0 Å². The molecule has 0 amide bonds. The van der Waals surface area contributed by atoms with Crippen LogP contribution in [0.15, 0.2) is 18.2 Å². The molecule has 0 aliphatic carbocycles. The monoisotopic (exact) mass is 216 g/mol. The number of benzene rings is 1. The van der Waals surface area contributed by atoms with Gasteiger partial charge in [-0.15, -0.1) is 0 Å². The second-order valence-electron chi connectivity index (χ2n) is 3.66. The van der Waals surface area contributed by atoms with Gasteiger partial charge in [-0.2, -0.15) is 0 Å². The predicted octanol–water partition coefficient (Wildman–Crippen LogP) is 3.04. The van der Waals surface area contributed by atoms with Crippen molar-refractivity contribution in [1.82, 2.24) is 0 Å². The van der Waals surface area contributed by atoms with Gasteiger partial charge in [0.25, 0.3) is 0 Å². The molecular formula is C11H14ClFO. The third-order valence-corrected chi connectivity index (χ3v) is 2.62. The van der Waals surface area contributed by atoms with Crippen molar-refractivity contribution >= 4 is 11.6 Å². The van der Waals surface area contributed by atoms with E-state index in [1.54, 1.807) is 19.1 Å². The molecule has 1 nitrogen and oxygen atoms in total. The first-order valence-corrected chi connectivity index (χ1v) is 5.00. The minimum absolute atomic E-state index is 0.0469. The quantitative estimate of drug-likeness (QED) is 0.824. The molecule has 1 aromatic carbocycles. The zero-order valence-corrected chi connectivity index (χ0v) is 9.05. The van der Waals surface area contributed by atoms with Crippen molar-refractivity contribution in [3.63, 3.8) is 0 Å². The lowest BCUT2D eigenvalue weighted by atomic mass is 9.96. The fourth-order valence-corrected chi connectivity index (χ4v) is 1.36. The fraction of sp³-hybridized carbons (Fsp3) is 0.455. The summed E-state index contributed by atoms with van der Waals surface area (Å²) in [5.41, 5.74) is 0.600. The van der Waals surface area contributed by atoms with Crippen molar-refractivity contribution in [2.75, 3.05) is 0 Å². The molecule has 0 spiro atoms. The molecule has 3 heteroatoms. The molecule has 0 saturated carbocycles. The summed E-state index contributed by atoms with van der Waals surface area (Å²) in [5.74, 6) is -0.254. The van der Waals surface area contributed by atoms with Crippen LogP contribution in [0.2, 0.25) is 5.02 Å². The molecule has 0 aromatic heterocycles. The molecule has 1 N–H and O–H groups in total. The summed E-state index contributed by atoms with van der Waals surface area (Å²) in [4.78, 5) is 0. The second-order valence-corrected chi connectivity index (χ2v) is 4.09. The number of aliphatic hydroxyl groups is 1. The van der Waals surface area contributed by atoms with E-state index in [4.69, 9.17) is 11.6 Å². The van der Waals surface area contributed by atoms with Crippen LogP contribution >= 0.6 is 11.6 Å². The molecule has 1 rings (SSSR count). The van der Waals surface area contributed by atoms with Crippen molar-refractivity contribution in [3.8, 4) is 0 Å². The van der Waals surface area contributed by atoms with E-state index >= 15 is 0 Å². The van der Waals surface area contributed by atoms with Gasteiger partial charge < -0.3 is 5.11 Å². The van der Waals surface area contributed by atoms with Gasteiger partial charge in [0, 0.05) is 5.02 Å². The molecule has 2 unspecified atom stereocenters. The molecule has 0 radical (unpaired) electrons. The van der Waals surface area contributed by atoms with Crippen LogP contribution in [-0.2, 0) is 6.42 Å². The van der Waals surface area contributed by atoms with Crippen molar-refractivity contribution in [2.45, 2.75) is 26.4 Å². The molecule has 0 aliphatic heterocycles. The van der Waals surface area contributed by atoms with Crippen molar-refractivity contribution < 1.29 is 9.50 Å². The third-order valence-electron chi connectivity index (χ3n) is 2.38. The summed E-state index contributed by atoms with van der Waals surface area (Å²) in [6.07, 6.45) is 0.103. The van der Waals surface area contributed by atoms with Gasteiger partial charge in [-0.3, -0.25) is 0 Å². The van der Waals surface area contributed by atoms with Gasteiger partial charge in [0.1, 0.15) is 5.82 Å². The van der Waals surface area contributed by atoms with E-state index in [0.29, 0.717) is 17.0 Å². The first-order chi connectivity index (χ1) is 6.50. The Morgan fingerprint density at radius 2 is 2.07 bits per heavy atom. The first kappa shape index (κ1) is 11.5. The van der Waals surface area contributed by atoms with E-state index in [2.05, 4.69) is 0 Å². The van der Waals surface area contributed by atoms with Gasteiger partial charge in [-0.05, 0) is 37.0 Å². The van der Waals surface area contributed by atoms with Crippen LogP contribution in [0.25, 0.3) is 0 Å². The highest BCUT2D eigenvalue weighted by molar-refractivity contribution is 6.30. The van der Waals surface area contributed by atoms with Crippen LogP contribution in [0.4, 0.5) is 4.39 Å². The molecule has 2 atom stereocenters. The summed E-state index contributed by atoms with van der Waals surface area (Å²) < 4.78 is 13.3. The highest BCUT2D eigenvalue weighted by atomic mass is 35.5. The SMILES string of the molecule is CC(O)C(C)Cc1ccc(Cl)cc1F. The Morgan fingerprint density at radius 3 is 2.57 bits per heavy atom. The van der Waals surface area contributed by atoms with E-state index in [-0.39, 0.29) is 11.7 Å². The van der Waals surface area contributed by atoms with Gasteiger partial charge in [0.2, 0.25) is 0 Å². The zero-order chi connectivity index (χ0) is 10.7.